The second-order valence-corrected chi connectivity index (χ2v) is 3.17. The second-order valence-electron chi connectivity index (χ2n) is 3.17. The van der Waals surface area contributed by atoms with Crippen molar-refractivity contribution in [2.75, 3.05) is 19.0 Å². The minimum Gasteiger partial charge on any atom is -0.362 e. The monoisotopic (exact) mass is 201 g/mol. The molecule has 2 N–H and O–H groups in total. The molecule has 0 radical (unpaired) electrons. The van der Waals surface area contributed by atoms with Crippen LogP contribution in [0.2, 0.25) is 0 Å². The number of alkyl halides is 2. The summed E-state index contributed by atoms with van der Waals surface area (Å²) in [6.45, 7) is 0. The van der Waals surface area contributed by atoms with Crippen LogP contribution in [0.25, 0.3) is 0 Å². The fourth-order valence-corrected chi connectivity index (χ4v) is 1.18. The zero-order chi connectivity index (χ0) is 10.7. The molecule has 0 bridgehead atoms. The van der Waals surface area contributed by atoms with Crippen LogP contribution >= 0.6 is 0 Å². The molecule has 0 aliphatic heterocycles. The van der Waals surface area contributed by atoms with Gasteiger partial charge in [-0.2, -0.15) is 0 Å². The standard InChI is InChI=1S/C9H13F2N3/c1-14(2)9-6(4-3-5-13-9)7(12)8(10)11/h3-5,7-8H,12H2,1-2H3. The van der Waals surface area contributed by atoms with Crippen molar-refractivity contribution in [3.8, 4) is 0 Å². The lowest BCUT2D eigenvalue weighted by atomic mass is 10.1. The first-order chi connectivity index (χ1) is 6.54. The van der Waals surface area contributed by atoms with Crippen molar-refractivity contribution >= 4 is 5.82 Å². The zero-order valence-corrected chi connectivity index (χ0v) is 8.11. The van der Waals surface area contributed by atoms with Gasteiger partial charge in [0.05, 0.1) is 6.04 Å². The maximum atomic E-state index is 12.4. The minimum absolute atomic E-state index is 0.368. The molecule has 0 spiro atoms. The molecule has 0 saturated heterocycles. The summed E-state index contributed by atoms with van der Waals surface area (Å²) in [6.07, 6.45) is -1.02. The molecule has 1 heterocycles. The number of aromatic nitrogens is 1. The van der Waals surface area contributed by atoms with Gasteiger partial charge in [-0.15, -0.1) is 0 Å². The number of rotatable bonds is 3. The number of nitrogens with zero attached hydrogens (tertiary/aromatic N) is 2. The van der Waals surface area contributed by atoms with E-state index in [1.165, 1.54) is 0 Å². The Balaban J connectivity index is 3.06. The van der Waals surface area contributed by atoms with Gasteiger partial charge >= 0.3 is 0 Å². The Morgan fingerprint density at radius 3 is 2.57 bits per heavy atom. The van der Waals surface area contributed by atoms with Gasteiger partial charge in [-0.25, -0.2) is 13.8 Å². The number of hydrogen-bond donors (Lipinski definition) is 1. The number of nitrogens with two attached hydrogens (primary N) is 1. The highest BCUT2D eigenvalue weighted by Crippen LogP contribution is 2.24. The predicted octanol–water partition coefficient (Wildman–Crippen LogP) is 1.41. The lowest BCUT2D eigenvalue weighted by molar-refractivity contribution is 0.116. The highest BCUT2D eigenvalue weighted by molar-refractivity contribution is 5.47. The summed E-state index contributed by atoms with van der Waals surface area (Å²) in [4.78, 5) is 5.66. The van der Waals surface area contributed by atoms with Crippen LogP contribution in [0.3, 0.4) is 0 Å². The highest BCUT2D eigenvalue weighted by Gasteiger charge is 2.21. The van der Waals surface area contributed by atoms with Crippen molar-refractivity contribution in [3.63, 3.8) is 0 Å². The predicted molar refractivity (Wildman–Crippen MR) is 51.5 cm³/mol. The third kappa shape index (κ3) is 2.17. The molecule has 0 fully saturated rings. The Bertz CT molecular complexity index is 302. The van der Waals surface area contributed by atoms with Gasteiger partial charge in [-0.05, 0) is 6.07 Å². The van der Waals surface area contributed by atoms with E-state index in [-0.39, 0.29) is 0 Å². The topological polar surface area (TPSA) is 42.2 Å². The van der Waals surface area contributed by atoms with Crippen LogP contribution in [0.4, 0.5) is 14.6 Å². The molecule has 3 nitrogen and oxygen atoms in total. The fourth-order valence-electron chi connectivity index (χ4n) is 1.18. The van der Waals surface area contributed by atoms with E-state index in [0.29, 0.717) is 11.4 Å². The van der Waals surface area contributed by atoms with Crippen LogP contribution in [0.5, 0.6) is 0 Å². The van der Waals surface area contributed by atoms with Gasteiger partial charge in [0.25, 0.3) is 6.43 Å². The first-order valence-electron chi connectivity index (χ1n) is 4.20. The SMILES string of the molecule is CN(C)c1ncccc1C(N)C(F)F. The van der Waals surface area contributed by atoms with E-state index in [1.54, 1.807) is 37.3 Å². The van der Waals surface area contributed by atoms with Gasteiger partial charge < -0.3 is 10.6 Å². The molecule has 1 atom stereocenters. The minimum atomic E-state index is -2.57. The average Bonchev–Trinajstić information content (AvgIpc) is 2.16. The highest BCUT2D eigenvalue weighted by atomic mass is 19.3. The Morgan fingerprint density at radius 1 is 1.43 bits per heavy atom. The molecule has 1 aromatic rings. The van der Waals surface area contributed by atoms with Crippen molar-refractivity contribution < 1.29 is 8.78 Å². The molecular formula is C9H13F2N3. The van der Waals surface area contributed by atoms with Crippen LogP contribution in [0.15, 0.2) is 18.3 Å². The van der Waals surface area contributed by atoms with E-state index in [2.05, 4.69) is 4.98 Å². The van der Waals surface area contributed by atoms with Crippen LogP contribution < -0.4 is 10.6 Å². The molecule has 0 aliphatic carbocycles. The number of pyridine rings is 1. The third-order valence-corrected chi connectivity index (χ3v) is 1.87. The van der Waals surface area contributed by atoms with Crippen molar-refractivity contribution in [2.24, 2.45) is 5.73 Å². The summed E-state index contributed by atoms with van der Waals surface area (Å²) in [5, 5.41) is 0. The van der Waals surface area contributed by atoms with Gasteiger partial charge in [0.1, 0.15) is 5.82 Å². The Morgan fingerprint density at radius 2 is 2.07 bits per heavy atom. The largest absolute Gasteiger partial charge is 0.362 e. The lowest BCUT2D eigenvalue weighted by Gasteiger charge is -2.19. The molecule has 0 aromatic carbocycles. The summed E-state index contributed by atoms with van der Waals surface area (Å²) < 4.78 is 24.8. The van der Waals surface area contributed by atoms with E-state index in [9.17, 15) is 8.78 Å². The van der Waals surface area contributed by atoms with Crippen LogP contribution in [0, 0.1) is 0 Å². The van der Waals surface area contributed by atoms with Crippen molar-refractivity contribution in [1.29, 1.82) is 0 Å². The number of halogens is 2. The first kappa shape index (κ1) is 10.8. The lowest BCUT2D eigenvalue weighted by Crippen LogP contribution is -2.23. The first-order valence-corrected chi connectivity index (χ1v) is 4.20. The van der Waals surface area contributed by atoms with E-state index >= 15 is 0 Å². The normalized spacial score (nSPS) is 13.0. The summed E-state index contributed by atoms with van der Waals surface area (Å²) in [7, 11) is 3.48. The summed E-state index contributed by atoms with van der Waals surface area (Å²) >= 11 is 0. The van der Waals surface area contributed by atoms with Crippen LogP contribution in [-0.2, 0) is 0 Å². The van der Waals surface area contributed by atoms with E-state index in [1.807, 2.05) is 0 Å². The summed E-state index contributed by atoms with van der Waals surface area (Å²) in [5.41, 5.74) is 5.73. The van der Waals surface area contributed by atoms with Crippen LogP contribution in [0.1, 0.15) is 11.6 Å². The average molecular weight is 201 g/mol. The molecule has 5 heteroatoms. The quantitative estimate of drug-likeness (QED) is 0.804. The molecule has 78 valence electrons. The molecule has 1 unspecified atom stereocenters. The van der Waals surface area contributed by atoms with E-state index in [0.717, 1.165) is 0 Å². The summed E-state index contributed by atoms with van der Waals surface area (Å²) in [6, 6.07) is 1.89. The number of anilines is 1. The van der Waals surface area contributed by atoms with Crippen molar-refractivity contribution in [2.45, 2.75) is 12.5 Å². The van der Waals surface area contributed by atoms with Gasteiger partial charge in [-0.1, -0.05) is 6.07 Å². The number of hydrogen-bond acceptors (Lipinski definition) is 3. The molecule has 14 heavy (non-hydrogen) atoms. The van der Waals surface area contributed by atoms with Gasteiger partial charge in [-0.3, -0.25) is 0 Å². The van der Waals surface area contributed by atoms with Gasteiger partial charge in [0, 0.05) is 25.9 Å². The fraction of sp³-hybridized carbons (Fsp3) is 0.444. The Labute approximate surface area is 81.5 Å². The Kier molecular flexibility index (Phi) is 3.35. The van der Waals surface area contributed by atoms with E-state index in [4.69, 9.17) is 5.73 Å². The molecule has 0 saturated carbocycles. The van der Waals surface area contributed by atoms with E-state index < -0.39 is 12.5 Å². The molecule has 0 amide bonds. The molecular weight excluding hydrogens is 188 g/mol. The van der Waals surface area contributed by atoms with Crippen molar-refractivity contribution in [1.82, 2.24) is 4.98 Å². The zero-order valence-electron chi connectivity index (χ0n) is 8.11. The Hall–Kier alpha value is -1.23. The van der Waals surface area contributed by atoms with Gasteiger partial charge in [0.15, 0.2) is 0 Å². The second kappa shape index (κ2) is 4.32. The summed E-state index contributed by atoms with van der Waals surface area (Å²) in [5.74, 6) is 0.486. The van der Waals surface area contributed by atoms with Gasteiger partial charge in [0.2, 0.25) is 0 Å². The molecule has 1 aromatic heterocycles. The maximum absolute atomic E-state index is 12.4. The smallest absolute Gasteiger partial charge is 0.257 e. The van der Waals surface area contributed by atoms with Crippen LogP contribution in [-0.4, -0.2) is 25.5 Å². The molecule has 1 rings (SSSR count). The third-order valence-electron chi connectivity index (χ3n) is 1.87. The molecule has 0 aliphatic rings. The maximum Gasteiger partial charge on any atom is 0.257 e. The van der Waals surface area contributed by atoms with Crippen molar-refractivity contribution in [3.05, 3.63) is 23.9 Å².